The summed E-state index contributed by atoms with van der Waals surface area (Å²) in [5, 5.41) is 11.0. The van der Waals surface area contributed by atoms with Gasteiger partial charge in [0.15, 0.2) is 0 Å². The lowest BCUT2D eigenvalue weighted by Gasteiger charge is -2.07. The molecular formula is C13H11ClN2O3. The minimum Gasteiger partial charge on any atom is -0.432 e. The van der Waals surface area contributed by atoms with Crippen LogP contribution in [0.2, 0.25) is 0 Å². The van der Waals surface area contributed by atoms with Crippen molar-refractivity contribution in [3.05, 3.63) is 57.8 Å². The molecule has 0 aliphatic heterocycles. The van der Waals surface area contributed by atoms with Gasteiger partial charge in [-0.15, -0.1) is 11.6 Å². The van der Waals surface area contributed by atoms with E-state index in [9.17, 15) is 10.1 Å². The zero-order valence-corrected chi connectivity index (χ0v) is 10.9. The van der Waals surface area contributed by atoms with Crippen LogP contribution in [0.4, 0.5) is 5.69 Å². The van der Waals surface area contributed by atoms with Crippen molar-refractivity contribution in [1.82, 2.24) is 4.98 Å². The number of hydrogen-bond donors (Lipinski definition) is 0. The zero-order valence-electron chi connectivity index (χ0n) is 10.2. The minimum atomic E-state index is -0.461. The predicted molar refractivity (Wildman–Crippen MR) is 71.7 cm³/mol. The number of hydrogen-bond acceptors (Lipinski definition) is 4. The van der Waals surface area contributed by atoms with Crippen LogP contribution in [0.1, 0.15) is 11.1 Å². The standard InChI is InChI=1S/C13H11ClN2O3/c1-9-3-2-4-11(13(9)16(17)18)19-12-6-5-10(7-14)8-15-12/h2-6,8H,7H2,1H3. The average Bonchev–Trinajstić information content (AvgIpc) is 2.39. The lowest BCUT2D eigenvalue weighted by Crippen LogP contribution is -1.97. The number of nitro groups is 1. The highest BCUT2D eigenvalue weighted by atomic mass is 35.5. The maximum atomic E-state index is 11.0. The second-order valence-corrected chi connectivity index (χ2v) is 4.19. The highest BCUT2D eigenvalue weighted by Gasteiger charge is 2.18. The Morgan fingerprint density at radius 2 is 2.16 bits per heavy atom. The van der Waals surface area contributed by atoms with Crippen LogP contribution in [-0.4, -0.2) is 9.91 Å². The molecular weight excluding hydrogens is 268 g/mol. The number of nitro benzene ring substituents is 1. The van der Waals surface area contributed by atoms with Crippen molar-refractivity contribution in [2.75, 3.05) is 0 Å². The number of ether oxygens (including phenoxy) is 1. The smallest absolute Gasteiger partial charge is 0.314 e. The van der Waals surface area contributed by atoms with Crippen molar-refractivity contribution in [3.63, 3.8) is 0 Å². The largest absolute Gasteiger partial charge is 0.432 e. The fourth-order valence-corrected chi connectivity index (χ4v) is 1.77. The first-order valence-electron chi connectivity index (χ1n) is 5.54. The van der Waals surface area contributed by atoms with Crippen molar-refractivity contribution < 1.29 is 9.66 Å². The van der Waals surface area contributed by atoms with Gasteiger partial charge >= 0.3 is 5.69 Å². The average molecular weight is 279 g/mol. The molecule has 2 aromatic rings. The third kappa shape index (κ3) is 3.00. The Balaban J connectivity index is 2.32. The Hall–Kier alpha value is -2.14. The van der Waals surface area contributed by atoms with Crippen LogP contribution in [0.3, 0.4) is 0 Å². The van der Waals surface area contributed by atoms with E-state index in [1.807, 2.05) is 0 Å². The van der Waals surface area contributed by atoms with Crippen LogP contribution >= 0.6 is 11.6 Å². The summed E-state index contributed by atoms with van der Waals surface area (Å²) in [7, 11) is 0. The number of benzene rings is 1. The molecule has 1 aromatic heterocycles. The van der Waals surface area contributed by atoms with Gasteiger partial charge in [0, 0.05) is 23.7 Å². The van der Waals surface area contributed by atoms with E-state index in [1.54, 1.807) is 43.5 Å². The SMILES string of the molecule is Cc1cccc(Oc2ccc(CCl)cn2)c1[N+](=O)[O-]. The molecule has 0 N–H and O–H groups in total. The Morgan fingerprint density at radius 1 is 1.37 bits per heavy atom. The molecule has 0 aliphatic rings. The number of para-hydroxylation sites is 1. The van der Waals surface area contributed by atoms with Gasteiger partial charge in [-0.2, -0.15) is 0 Å². The second kappa shape index (κ2) is 5.67. The van der Waals surface area contributed by atoms with Crippen molar-refractivity contribution in [2.45, 2.75) is 12.8 Å². The van der Waals surface area contributed by atoms with E-state index in [0.717, 1.165) is 5.56 Å². The number of aromatic nitrogens is 1. The summed E-state index contributed by atoms with van der Waals surface area (Å²) in [5.74, 6) is 0.830. The first kappa shape index (κ1) is 13.3. The van der Waals surface area contributed by atoms with Crippen molar-refractivity contribution in [2.24, 2.45) is 0 Å². The predicted octanol–water partition coefficient (Wildman–Crippen LogP) is 3.83. The normalized spacial score (nSPS) is 10.2. The van der Waals surface area contributed by atoms with E-state index in [1.165, 1.54) is 0 Å². The summed E-state index contributed by atoms with van der Waals surface area (Å²) < 4.78 is 5.46. The molecule has 19 heavy (non-hydrogen) atoms. The lowest BCUT2D eigenvalue weighted by molar-refractivity contribution is -0.386. The summed E-state index contributed by atoms with van der Waals surface area (Å²) in [6.45, 7) is 1.66. The zero-order chi connectivity index (χ0) is 13.8. The maximum absolute atomic E-state index is 11.0. The van der Waals surface area contributed by atoms with E-state index in [4.69, 9.17) is 16.3 Å². The van der Waals surface area contributed by atoms with Gasteiger partial charge in [0.1, 0.15) is 0 Å². The third-order valence-corrected chi connectivity index (χ3v) is 2.86. The molecule has 0 aliphatic carbocycles. The number of nitrogens with zero attached hydrogens (tertiary/aromatic N) is 2. The topological polar surface area (TPSA) is 65.3 Å². The van der Waals surface area contributed by atoms with Crippen molar-refractivity contribution in [1.29, 1.82) is 0 Å². The first-order valence-corrected chi connectivity index (χ1v) is 6.08. The van der Waals surface area contributed by atoms with Gasteiger partial charge in [0.2, 0.25) is 11.6 Å². The molecule has 2 rings (SSSR count). The molecule has 0 saturated carbocycles. The summed E-state index contributed by atoms with van der Waals surface area (Å²) in [5.41, 5.74) is 1.35. The molecule has 0 spiro atoms. The van der Waals surface area contributed by atoms with Crippen LogP contribution < -0.4 is 4.74 Å². The van der Waals surface area contributed by atoms with Gasteiger partial charge in [0.05, 0.1) is 4.92 Å². The van der Waals surface area contributed by atoms with Crippen LogP contribution in [0.5, 0.6) is 11.6 Å². The summed E-state index contributed by atoms with van der Waals surface area (Å²) in [6.07, 6.45) is 1.57. The summed E-state index contributed by atoms with van der Waals surface area (Å²) in [4.78, 5) is 14.6. The molecule has 0 unspecified atom stereocenters. The Kier molecular flexibility index (Phi) is 3.97. The molecule has 0 saturated heterocycles. The molecule has 0 fully saturated rings. The fourth-order valence-electron chi connectivity index (χ4n) is 1.61. The quantitative estimate of drug-likeness (QED) is 0.484. The third-order valence-electron chi connectivity index (χ3n) is 2.55. The van der Waals surface area contributed by atoms with Gasteiger partial charge < -0.3 is 4.74 Å². The molecule has 0 bridgehead atoms. The van der Waals surface area contributed by atoms with Gasteiger partial charge in [-0.3, -0.25) is 10.1 Å². The fraction of sp³-hybridized carbons (Fsp3) is 0.154. The lowest BCUT2D eigenvalue weighted by atomic mass is 10.2. The number of aryl methyl sites for hydroxylation is 1. The van der Waals surface area contributed by atoms with Crippen molar-refractivity contribution in [3.8, 4) is 11.6 Å². The van der Waals surface area contributed by atoms with E-state index < -0.39 is 4.92 Å². The molecule has 0 radical (unpaired) electrons. The monoisotopic (exact) mass is 278 g/mol. The Morgan fingerprint density at radius 3 is 2.74 bits per heavy atom. The second-order valence-electron chi connectivity index (χ2n) is 3.92. The van der Waals surface area contributed by atoms with Crippen LogP contribution in [0.15, 0.2) is 36.5 Å². The molecule has 98 valence electrons. The molecule has 0 atom stereocenters. The number of halogens is 1. The minimum absolute atomic E-state index is 0.0503. The first-order chi connectivity index (χ1) is 9.11. The van der Waals surface area contributed by atoms with Crippen LogP contribution in [0.25, 0.3) is 0 Å². The highest BCUT2D eigenvalue weighted by Crippen LogP contribution is 2.33. The molecule has 5 nitrogen and oxygen atoms in total. The van der Waals surface area contributed by atoms with E-state index in [0.29, 0.717) is 17.3 Å². The summed E-state index contributed by atoms with van der Waals surface area (Å²) >= 11 is 5.66. The number of pyridine rings is 1. The van der Waals surface area contributed by atoms with E-state index >= 15 is 0 Å². The van der Waals surface area contributed by atoms with Gasteiger partial charge in [-0.05, 0) is 18.6 Å². The number of alkyl halides is 1. The van der Waals surface area contributed by atoms with Crippen LogP contribution in [-0.2, 0) is 5.88 Å². The Labute approximate surface area is 115 Å². The van der Waals surface area contributed by atoms with Crippen molar-refractivity contribution >= 4 is 17.3 Å². The highest BCUT2D eigenvalue weighted by molar-refractivity contribution is 6.17. The van der Waals surface area contributed by atoms with Gasteiger partial charge in [0.25, 0.3) is 0 Å². The van der Waals surface area contributed by atoms with E-state index in [-0.39, 0.29) is 11.4 Å². The van der Waals surface area contributed by atoms with E-state index in [2.05, 4.69) is 4.98 Å². The molecule has 1 heterocycles. The Bertz CT molecular complexity index is 599. The summed E-state index contributed by atoms with van der Waals surface area (Å²) in [6, 6.07) is 8.29. The van der Waals surface area contributed by atoms with Crippen LogP contribution in [0, 0.1) is 17.0 Å². The van der Waals surface area contributed by atoms with Gasteiger partial charge in [-0.25, -0.2) is 4.98 Å². The molecule has 6 heteroatoms. The molecule has 1 aromatic carbocycles. The molecule has 0 amide bonds. The number of rotatable bonds is 4. The maximum Gasteiger partial charge on any atom is 0.314 e. The van der Waals surface area contributed by atoms with Gasteiger partial charge in [-0.1, -0.05) is 18.2 Å².